The van der Waals surface area contributed by atoms with Gasteiger partial charge in [-0.3, -0.25) is 0 Å². The van der Waals surface area contributed by atoms with Gasteiger partial charge in [-0.25, -0.2) is 0 Å². The van der Waals surface area contributed by atoms with E-state index in [1.807, 2.05) is 0 Å². The van der Waals surface area contributed by atoms with Crippen LogP contribution in [0.4, 0.5) is 0 Å². The van der Waals surface area contributed by atoms with E-state index in [9.17, 15) is 0 Å². The van der Waals surface area contributed by atoms with Crippen LogP contribution < -0.4 is 4.74 Å². The Bertz CT molecular complexity index is 2620. The molecule has 0 saturated heterocycles. The average Bonchev–Trinajstić information content (AvgIpc) is 3.59. The van der Waals surface area contributed by atoms with Gasteiger partial charge in [0.15, 0.2) is 0 Å². The fraction of sp³-hybridized carbons (Fsp3) is 0.0222. The van der Waals surface area contributed by atoms with E-state index in [-0.39, 0.29) is 0 Å². The van der Waals surface area contributed by atoms with Crippen molar-refractivity contribution in [3.63, 3.8) is 0 Å². The van der Waals surface area contributed by atoms with E-state index >= 15 is 0 Å². The van der Waals surface area contributed by atoms with Gasteiger partial charge in [-0.05, 0) is 77.9 Å². The summed E-state index contributed by atoms with van der Waals surface area (Å²) in [6.07, 6.45) is 0. The van der Waals surface area contributed by atoms with E-state index in [1.54, 1.807) is 0 Å². The van der Waals surface area contributed by atoms with Crippen molar-refractivity contribution in [2.45, 2.75) is 5.41 Å². The van der Waals surface area contributed by atoms with Crippen LogP contribution in [-0.4, -0.2) is 0 Å². The smallest absolute Gasteiger partial charge is 0.143 e. The molecule has 0 amide bonds. The van der Waals surface area contributed by atoms with Crippen LogP contribution in [0.2, 0.25) is 0 Å². The summed E-state index contributed by atoms with van der Waals surface area (Å²) in [4.78, 5) is 0. The number of hydrogen-bond acceptors (Lipinski definition) is 1. The van der Waals surface area contributed by atoms with Crippen LogP contribution in [0.15, 0.2) is 158 Å². The van der Waals surface area contributed by atoms with Crippen molar-refractivity contribution in [2.24, 2.45) is 0 Å². The highest BCUT2D eigenvalue weighted by molar-refractivity contribution is 6.08. The van der Waals surface area contributed by atoms with Crippen molar-refractivity contribution in [3.8, 4) is 56.0 Å². The molecule has 1 unspecified atom stereocenters. The minimum Gasteiger partial charge on any atom is -0.455 e. The topological polar surface area (TPSA) is 9.23 Å². The molecule has 11 rings (SSSR count). The Morgan fingerprint density at radius 3 is 1.85 bits per heavy atom. The summed E-state index contributed by atoms with van der Waals surface area (Å²) in [7, 11) is 0. The first-order valence-corrected chi connectivity index (χ1v) is 16.0. The van der Waals surface area contributed by atoms with Crippen molar-refractivity contribution in [1.82, 2.24) is 0 Å². The van der Waals surface area contributed by atoms with E-state index < -0.39 is 5.41 Å². The van der Waals surface area contributed by atoms with Crippen molar-refractivity contribution in [1.29, 1.82) is 0 Å². The zero-order valence-corrected chi connectivity index (χ0v) is 24.9. The van der Waals surface area contributed by atoms with Crippen LogP contribution in [0, 0.1) is 0 Å². The first-order chi connectivity index (χ1) is 22.8. The van der Waals surface area contributed by atoms with Gasteiger partial charge in [-0.2, -0.15) is 0 Å². The summed E-state index contributed by atoms with van der Waals surface area (Å²) >= 11 is 0. The van der Waals surface area contributed by atoms with Crippen LogP contribution in [0.25, 0.3) is 66.1 Å². The summed E-state index contributed by atoms with van der Waals surface area (Å²) in [6, 6.07) is 58.1. The minimum absolute atomic E-state index is 0.428. The third kappa shape index (κ3) is 2.83. The zero-order chi connectivity index (χ0) is 30.0. The van der Waals surface area contributed by atoms with Crippen LogP contribution in [0.1, 0.15) is 22.3 Å². The number of ether oxygens (including phenoxy) is 1. The molecule has 212 valence electrons. The van der Waals surface area contributed by atoms with Gasteiger partial charge in [0.05, 0.1) is 5.41 Å². The average molecular weight is 583 g/mol. The molecular formula is C45H26O. The SMILES string of the molecule is c1ccc2c(c1)-c1ccc3ccccc3c1C21c2ccccc2-c2c(-c3cccc4c3Oc3cccc5cccc-4c35)cccc21. The van der Waals surface area contributed by atoms with Gasteiger partial charge in [0.25, 0.3) is 0 Å². The second kappa shape index (κ2) is 8.62. The van der Waals surface area contributed by atoms with Gasteiger partial charge < -0.3 is 4.74 Å². The van der Waals surface area contributed by atoms with E-state index in [0.29, 0.717) is 0 Å². The highest BCUT2D eigenvalue weighted by Gasteiger charge is 2.53. The maximum absolute atomic E-state index is 6.87. The molecule has 1 nitrogen and oxygen atoms in total. The third-order valence-corrected chi connectivity index (χ3v) is 10.7. The van der Waals surface area contributed by atoms with Gasteiger partial charge in [0.1, 0.15) is 11.5 Å². The molecule has 0 aromatic heterocycles. The molecular weight excluding hydrogens is 556 g/mol. The molecule has 0 bridgehead atoms. The molecule has 0 saturated carbocycles. The molecule has 0 N–H and O–H groups in total. The molecule has 1 atom stereocenters. The second-order valence-electron chi connectivity index (χ2n) is 12.7. The molecule has 3 aliphatic rings. The lowest BCUT2D eigenvalue weighted by molar-refractivity contribution is 0.489. The van der Waals surface area contributed by atoms with Crippen LogP contribution >= 0.6 is 0 Å². The highest BCUT2D eigenvalue weighted by atomic mass is 16.5. The third-order valence-electron chi connectivity index (χ3n) is 10.7. The fourth-order valence-electron chi connectivity index (χ4n) is 8.99. The minimum atomic E-state index is -0.428. The molecule has 1 spiro atoms. The molecule has 0 fully saturated rings. The van der Waals surface area contributed by atoms with Crippen molar-refractivity contribution < 1.29 is 4.74 Å². The van der Waals surface area contributed by atoms with Gasteiger partial charge in [-0.1, -0.05) is 152 Å². The summed E-state index contributed by atoms with van der Waals surface area (Å²) in [5.41, 5.74) is 14.9. The molecule has 2 aliphatic carbocycles. The van der Waals surface area contributed by atoms with E-state index in [4.69, 9.17) is 4.74 Å². The first kappa shape index (κ1) is 24.4. The van der Waals surface area contributed by atoms with E-state index in [0.717, 1.165) is 22.6 Å². The Balaban J connectivity index is 1.26. The second-order valence-corrected chi connectivity index (χ2v) is 12.7. The largest absolute Gasteiger partial charge is 0.455 e. The van der Waals surface area contributed by atoms with Crippen molar-refractivity contribution in [3.05, 3.63) is 180 Å². The predicted octanol–water partition coefficient (Wildman–Crippen LogP) is 11.8. The Hall–Kier alpha value is -5.92. The Kier molecular flexibility index (Phi) is 4.57. The maximum Gasteiger partial charge on any atom is 0.143 e. The standard InChI is InChI=1S/C45H26O/c1-2-14-29-27(11-1)25-26-33-30-15-3-5-21-37(30)45(43(29)33)38-22-6-4-16-36(38)42-32(18-10-23-39(42)45)35-20-9-19-34-31-17-7-12-28-13-8-24-40(41(28)31)46-44(34)35/h1-26H. The number of para-hydroxylation sites is 1. The monoisotopic (exact) mass is 582 g/mol. The van der Waals surface area contributed by atoms with E-state index in [2.05, 4.69) is 158 Å². The fourth-order valence-corrected chi connectivity index (χ4v) is 8.99. The lowest BCUT2D eigenvalue weighted by atomic mass is 9.69. The number of hydrogen-bond donors (Lipinski definition) is 0. The maximum atomic E-state index is 6.87. The Labute approximate surface area is 267 Å². The lowest BCUT2D eigenvalue weighted by Crippen LogP contribution is -2.26. The molecule has 1 heterocycles. The quantitative estimate of drug-likeness (QED) is 0.187. The number of benzene rings is 8. The van der Waals surface area contributed by atoms with Gasteiger partial charge in [0.2, 0.25) is 0 Å². The van der Waals surface area contributed by atoms with Gasteiger partial charge in [-0.15, -0.1) is 0 Å². The summed E-state index contributed by atoms with van der Waals surface area (Å²) in [6.45, 7) is 0. The van der Waals surface area contributed by atoms with Crippen molar-refractivity contribution >= 4 is 21.5 Å². The first-order valence-electron chi connectivity index (χ1n) is 16.0. The summed E-state index contributed by atoms with van der Waals surface area (Å²) in [5.74, 6) is 1.85. The summed E-state index contributed by atoms with van der Waals surface area (Å²) in [5, 5.41) is 4.97. The molecule has 8 aromatic rings. The molecule has 1 heteroatoms. The molecule has 46 heavy (non-hydrogen) atoms. The van der Waals surface area contributed by atoms with Crippen molar-refractivity contribution in [2.75, 3.05) is 0 Å². The molecule has 8 aromatic carbocycles. The van der Waals surface area contributed by atoms with E-state index in [1.165, 1.54) is 77.2 Å². The molecule has 0 radical (unpaired) electrons. The molecule has 1 aliphatic heterocycles. The van der Waals surface area contributed by atoms with Gasteiger partial charge >= 0.3 is 0 Å². The van der Waals surface area contributed by atoms with Gasteiger partial charge in [0, 0.05) is 16.5 Å². The normalized spacial score (nSPS) is 16.1. The zero-order valence-electron chi connectivity index (χ0n) is 24.9. The highest BCUT2D eigenvalue weighted by Crippen LogP contribution is 2.65. The number of fused-ring (bicyclic) bond motifs is 14. The van der Waals surface area contributed by atoms with Crippen LogP contribution in [-0.2, 0) is 5.41 Å². The predicted molar refractivity (Wildman–Crippen MR) is 189 cm³/mol. The Morgan fingerprint density at radius 1 is 0.370 bits per heavy atom. The lowest BCUT2D eigenvalue weighted by Gasteiger charge is -2.31. The van der Waals surface area contributed by atoms with Crippen LogP contribution in [0.5, 0.6) is 11.5 Å². The summed E-state index contributed by atoms with van der Waals surface area (Å²) < 4.78 is 6.87. The number of rotatable bonds is 1. The van der Waals surface area contributed by atoms with Crippen LogP contribution in [0.3, 0.4) is 0 Å². The Morgan fingerprint density at radius 2 is 0.957 bits per heavy atom.